The van der Waals surface area contributed by atoms with Gasteiger partial charge in [-0.1, -0.05) is 18.2 Å². The number of hydrogen-bond acceptors (Lipinski definition) is 3. The molecule has 0 saturated carbocycles. The number of halogens is 1. The number of rotatable bonds is 2. The lowest BCUT2D eigenvalue weighted by molar-refractivity contribution is 0.219. The zero-order valence-corrected chi connectivity index (χ0v) is 11.6. The van der Waals surface area contributed by atoms with Crippen molar-refractivity contribution >= 4 is 0 Å². The third kappa shape index (κ3) is 3.21. The monoisotopic (exact) mass is 282 g/mol. The fraction of sp³-hybridized carbons (Fsp3) is 0.235. The van der Waals surface area contributed by atoms with Gasteiger partial charge in [0.25, 0.3) is 0 Å². The average Bonchev–Trinajstić information content (AvgIpc) is 2.68. The van der Waals surface area contributed by atoms with Crippen LogP contribution in [0.4, 0.5) is 4.39 Å². The molecule has 0 N–H and O–H groups in total. The SMILES string of the molecule is N#Cc1cc(F)cc(CN2CCOc3ccccc3C2)c1. The summed E-state index contributed by atoms with van der Waals surface area (Å²) >= 11 is 0. The van der Waals surface area contributed by atoms with Crippen molar-refractivity contribution in [2.24, 2.45) is 0 Å². The first-order valence-electron chi connectivity index (χ1n) is 6.87. The molecule has 2 aromatic rings. The highest BCUT2D eigenvalue weighted by Crippen LogP contribution is 2.23. The van der Waals surface area contributed by atoms with Crippen molar-refractivity contribution in [2.75, 3.05) is 13.2 Å². The molecule has 1 heterocycles. The Balaban J connectivity index is 1.80. The van der Waals surface area contributed by atoms with Crippen LogP contribution in [-0.2, 0) is 13.1 Å². The smallest absolute Gasteiger partial charge is 0.124 e. The molecule has 0 bridgehead atoms. The molecular formula is C17H15FN2O. The Bertz CT molecular complexity index is 693. The molecule has 2 aromatic carbocycles. The van der Waals surface area contributed by atoms with Crippen LogP contribution in [0.1, 0.15) is 16.7 Å². The normalized spacial score (nSPS) is 14.7. The van der Waals surface area contributed by atoms with Crippen LogP contribution in [0.25, 0.3) is 0 Å². The van der Waals surface area contributed by atoms with Gasteiger partial charge in [-0.25, -0.2) is 4.39 Å². The topological polar surface area (TPSA) is 36.3 Å². The summed E-state index contributed by atoms with van der Waals surface area (Å²) in [6.45, 7) is 2.74. The van der Waals surface area contributed by atoms with Crippen molar-refractivity contribution in [2.45, 2.75) is 13.1 Å². The Morgan fingerprint density at radius 3 is 2.95 bits per heavy atom. The minimum Gasteiger partial charge on any atom is -0.492 e. The maximum atomic E-state index is 13.5. The summed E-state index contributed by atoms with van der Waals surface area (Å²) in [7, 11) is 0. The van der Waals surface area contributed by atoms with Crippen LogP contribution in [0.5, 0.6) is 5.75 Å². The fourth-order valence-electron chi connectivity index (χ4n) is 2.58. The lowest BCUT2D eigenvalue weighted by Crippen LogP contribution is -2.25. The zero-order chi connectivity index (χ0) is 14.7. The summed E-state index contributed by atoms with van der Waals surface area (Å²) in [5.41, 5.74) is 2.30. The van der Waals surface area contributed by atoms with Crippen LogP contribution in [0.3, 0.4) is 0 Å². The van der Waals surface area contributed by atoms with Crippen LogP contribution in [0.15, 0.2) is 42.5 Å². The van der Waals surface area contributed by atoms with Gasteiger partial charge in [-0.15, -0.1) is 0 Å². The minimum absolute atomic E-state index is 0.358. The first-order chi connectivity index (χ1) is 10.2. The predicted molar refractivity (Wildman–Crippen MR) is 77.2 cm³/mol. The lowest BCUT2D eigenvalue weighted by atomic mass is 10.1. The standard InChI is InChI=1S/C17H15FN2O/c18-16-8-13(10-19)7-14(9-16)11-20-5-6-21-17-4-2-1-3-15(17)12-20/h1-4,7-9H,5-6,11-12H2. The van der Waals surface area contributed by atoms with Crippen LogP contribution in [-0.4, -0.2) is 18.1 Å². The van der Waals surface area contributed by atoms with E-state index < -0.39 is 0 Å². The van der Waals surface area contributed by atoms with Crippen LogP contribution in [0.2, 0.25) is 0 Å². The van der Waals surface area contributed by atoms with Crippen LogP contribution >= 0.6 is 0 Å². The molecule has 3 nitrogen and oxygen atoms in total. The average molecular weight is 282 g/mol. The van der Waals surface area contributed by atoms with E-state index in [1.807, 2.05) is 30.3 Å². The van der Waals surface area contributed by atoms with Crippen molar-refractivity contribution in [3.63, 3.8) is 0 Å². The summed E-state index contributed by atoms with van der Waals surface area (Å²) < 4.78 is 19.2. The summed E-state index contributed by atoms with van der Waals surface area (Å²) in [5.74, 6) is 0.549. The van der Waals surface area contributed by atoms with Gasteiger partial charge in [-0.3, -0.25) is 4.90 Å². The molecule has 0 aromatic heterocycles. The number of hydrogen-bond donors (Lipinski definition) is 0. The summed E-state index contributed by atoms with van der Waals surface area (Å²) in [5, 5.41) is 8.92. The highest BCUT2D eigenvalue weighted by atomic mass is 19.1. The van der Waals surface area contributed by atoms with E-state index in [1.54, 1.807) is 6.07 Å². The minimum atomic E-state index is -0.365. The molecule has 1 aliphatic heterocycles. The molecule has 0 saturated heterocycles. The number of nitrogens with zero attached hydrogens (tertiary/aromatic N) is 2. The van der Waals surface area contributed by atoms with Gasteiger partial charge >= 0.3 is 0 Å². The predicted octanol–water partition coefficient (Wildman–Crippen LogP) is 3.09. The van der Waals surface area contributed by atoms with Gasteiger partial charge in [0.1, 0.15) is 18.2 Å². The van der Waals surface area contributed by atoms with Crippen molar-refractivity contribution < 1.29 is 9.13 Å². The van der Waals surface area contributed by atoms with Crippen LogP contribution in [0, 0.1) is 17.1 Å². The van der Waals surface area contributed by atoms with E-state index in [9.17, 15) is 4.39 Å². The molecule has 0 unspecified atom stereocenters. The Labute approximate surface area is 123 Å². The molecule has 106 valence electrons. The molecule has 0 atom stereocenters. The maximum absolute atomic E-state index is 13.5. The van der Waals surface area contributed by atoms with E-state index in [0.717, 1.165) is 30.0 Å². The third-order valence-electron chi connectivity index (χ3n) is 3.52. The molecule has 0 amide bonds. The highest BCUT2D eigenvalue weighted by Gasteiger charge is 2.15. The lowest BCUT2D eigenvalue weighted by Gasteiger charge is -2.19. The van der Waals surface area contributed by atoms with E-state index >= 15 is 0 Å². The third-order valence-corrected chi connectivity index (χ3v) is 3.52. The van der Waals surface area contributed by atoms with Crippen molar-refractivity contribution in [3.05, 3.63) is 65.0 Å². The Hall–Kier alpha value is -2.38. The molecular weight excluding hydrogens is 267 g/mol. The number of para-hydroxylation sites is 1. The van der Waals surface area contributed by atoms with Crippen molar-refractivity contribution in [3.8, 4) is 11.8 Å². The number of fused-ring (bicyclic) bond motifs is 1. The molecule has 1 aliphatic rings. The quantitative estimate of drug-likeness (QED) is 0.849. The number of benzene rings is 2. The maximum Gasteiger partial charge on any atom is 0.124 e. The Morgan fingerprint density at radius 2 is 2.10 bits per heavy atom. The molecule has 0 aliphatic carbocycles. The van der Waals surface area contributed by atoms with Gasteiger partial charge in [0.05, 0.1) is 11.6 Å². The van der Waals surface area contributed by atoms with Gasteiger partial charge in [-0.2, -0.15) is 5.26 Å². The molecule has 0 fully saturated rings. The zero-order valence-electron chi connectivity index (χ0n) is 11.6. The molecule has 4 heteroatoms. The number of ether oxygens (including phenoxy) is 1. The van der Waals surface area contributed by atoms with Crippen molar-refractivity contribution in [1.29, 1.82) is 5.26 Å². The second kappa shape index (κ2) is 5.94. The first-order valence-corrected chi connectivity index (χ1v) is 6.87. The molecule has 21 heavy (non-hydrogen) atoms. The van der Waals surface area contributed by atoms with Gasteiger partial charge in [0.2, 0.25) is 0 Å². The number of nitriles is 1. The Morgan fingerprint density at radius 1 is 1.24 bits per heavy atom. The Kier molecular flexibility index (Phi) is 3.85. The van der Waals surface area contributed by atoms with Gasteiger partial charge < -0.3 is 4.74 Å². The fourth-order valence-corrected chi connectivity index (χ4v) is 2.58. The summed E-state index contributed by atoms with van der Waals surface area (Å²) in [6, 6.07) is 14.4. The molecule has 3 rings (SSSR count). The van der Waals surface area contributed by atoms with Crippen molar-refractivity contribution in [1.82, 2.24) is 4.90 Å². The van der Waals surface area contributed by atoms with E-state index in [4.69, 9.17) is 10.00 Å². The van der Waals surface area contributed by atoms with Gasteiger partial charge in [0.15, 0.2) is 0 Å². The first kappa shape index (κ1) is 13.6. The highest BCUT2D eigenvalue weighted by molar-refractivity contribution is 5.35. The van der Waals surface area contributed by atoms with E-state index in [-0.39, 0.29) is 5.82 Å². The summed E-state index contributed by atoms with van der Waals surface area (Å²) in [4.78, 5) is 2.20. The van der Waals surface area contributed by atoms with E-state index in [1.165, 1.54) is 12.1 Å². The van der Waals surface area contributed by atoms with E-state index in [0.29, 0.717) is 18.7 Å². The molecule has 0 spiro atoms. The second-order valence-corrected chi connectivity index (χ2v) is 5.13. The van der Waals surface area contributed by atoms with E-state index in [2.05, 4.69) is 4.90 Å². The van der Waals surface area contributed by atoms with Crippen LogP contribution < -0.4 is 4.74 Å². The molecule has 0 radical (unpaired) electrons. The largest absolute Gasteiger partial charge is 0.492 e. The second-order valence-electron chi connectivity index (χ2n) is 5.13. The summed E-state index contributed by atoms with van der Waals surface area (Å²) in [6.07, 6.45) is 0. The van der Waals surface area contributed by atoms with Gasteiger partial charge in [0, 0.05) is 25.2 Å². The van der Waals surface area contributed by atoms with Gasteiger partial charge in [-0.05, 0) is 29.8 Å².